The van der Waals surface area contributed by atoms with Crippen LogP contribution in [0.15, 0.2) is 48.5 Å². The number of anilines is 2. The van der Waals surface area contributed by atoms with Crippen molar-refractivity contribution in [3.05, 3.63) is 48.5 Å². The first kappa shape index (κ1) is 23.0. The SMILES string of the molecule is O=C1COCC(=O)N2CCOCCN1c1ccccc1OCCOCCOc1ccccc12. The number of benzene rings is 2. The minimum Gasteiger partial charge on any atom is -0.489 e. The van der Waals surface area contributed by atoms with Gasteiger partial charge >= 0.3 is 0 Å². The van der Waals surface area contributed by atoms with Crippen LogP contribution in [0, 0.1) is 0 Å². The average molecular weight is 456 g/mol. The van der Waals surface area contributed by atoms with Gasteiger partial charge in [0.05, 0.1) is 37.8 Å². The molecule has 9 nitrogen and oxygen atoms in total. The first-order valence-corrected chi connectivity index (χ1v) is 11.0. The maximum Gasteiger partial charge on any atom is 0.253 e. The van der Waals surface area contributed by atoms with Crippen molar-refractivity contribution in [2.75, 3.05) is 75.7 Å². The predicted molar refractivity (Wildman–Crippen MR) is 121 cm³/mol. The van der Waals surface area contributed by atoms with Crippen molar-refractivity contribution in [2.45, 2.75) is 0 Å². The molecule has 2 bridgehead atoms. The molecule has 3 aliphatic rings. The molecule has 0 N–H and O–H groups in total. The first-order valence-electron chi connectivity index (χ1n) is 11.0. The van der Waals surface area contributed by atoms with E-state index in [9.17, 15) is 9.59 Å². The predicted octanol–water partition coefficient (Wildman–Crippen LogP) is 1.89. The summed E-state index contributed by atoms with van der Waals surface area (Å²) in [5, 5.41) is 0. The number of hydrogen-bond donors (Lipinski definition) is 0. The molecule has 0 spiro atoms. The molecule has 5 rings (SSSR count). The van der Waals surface area contributed by atoms with E-state index in [-0.39, 0.29) is 25.0 Å². The lowest BCUT2D eigenvalue weighted by molar-refractivity contribution is -0.128. The van der Waals surface area contributed by atoms with Gasteiger partial charge in [-0.2, -0.15) is 0 Å². The van der Waals surface area contributed by atoms with E-state index in [4.69, 9.17) is 23.7 Å². The van der Waals surface area contributed by atoms with Gasteiger partial charge in [-0.15, -0.1) is 0 Å². The van der Waals surface area contributed by atoms with E-state index < -0.39 is 0 Å². The van der Waals surface area contributed by atoms with E-state index in [1.54, 1.807) is 21.9 Å². The van der Waals surface area contributed by atoms with Crippen LogP contribution in [0.4, 0.5) is 11.4 Å². The summed E-state index contributed by atoms with van der Waals surface area (Å²) in [6.45, 7) is 2.14. The molecular weight excluding hydrogens is 428 g/mol. The van der Waals surface area contributed by atoms with Crippen molar-refractivity contribution in [3.63, 3.8) is 0 Å². The molecule has 3 heterocycles. The molecule has 0 aromatic heterocycles. The highest BCUT2D eigenvalue weighted by Crippen LogP contribution is 2.30. The second-order valence-electron chi connectivity index (χ2n) is 7.44. The van der Waals surface area contributed by atoms with Crippen LogP contribution < -0.4 is 19.3 Å². The Hall–Kier alpha value is -3.14. The molecule has 3 aliphatic heterocycles. The zero-order valence-electron chi connectivity index (χ0n) is 18.4. The van der Waals surface area contributed by atoms with Crippen LogP contribution >= 0.6 is 0 Å². The van der Waals surface area contributed by atoms with Crippen molar-refractivity contribution in [2.24, 2.45) is 0 Å². The Morgan fingerprint density at radius 3 is 1.52 bits per heavy atom. The van der Waals surface area contributed by atoms with Crippen LogP contribution in [0.25, 0.3) is 0 Å². The molecular formula is C24H28N2O7. The molecule has 33 heavy (non-hydrogen) atoms. The summed E-state index contributed by atoms with van der Waals surface area (Å²) in [4.78, 5) is 29.2. The van der Waals surface area contributed by atoms with E-state index in [1.165, 1.54) is 0 Å². The number of hydrogen-bond acceptors (Lipinski definition) is 7. The normalized spacial score (nSPS) is 19.0. The Labute approximate surface area is 192 Å². The summed E-state index contributed by atoms with van der Waals surface area (Å²) in [7, 11) is 0. The highest BCUT2D eigenvalue weighted by molar-refractivity contribution is 5.97. The Morgan fingerprint density at radius 2 is 1.00 bits per heavy atom. The minimum atomic E-state index is -0.282. The molecule has 2 aromatic carbocycles. The van der Waals surface area contributed by atoms with Gasteiger partial charge in [0.15, 0.2) is 0 Å². The molecule has 1 fully saturated rings. The zero-order chi connectivity index (χ0) is 22.9. The Kier molecular flexibility index (Phi) is 8.13. The maximum atomic E-state index is 13.0. The van der Waals surface area contributed by atoms with Crippen molar-refractivity contribution in [1.82, 2.24) is 0 Å². The summed E-state index contributed by atoms with van der Waals surface area (Å²) < 4.78 is 28.8. The molecule has 0 aliphatic carbocycles. The number of carbonyl (C=O) groups excluding carboxylic acids is 2. The van der Waals surface area contributed by atoms with Crippen LogP contribution in [0.2, 0.25) is 0 Å². The Bertz CT molecular complexity index is 878. The second-order valence-corrected chi connectivity index (χ2v) is 7.44. The van der Waals surface area contributed by atoms with Crippen molar-refractivity contribution in [1.29, 1.82) is 0 Å². The standard InChI is InChI=1S/C24H28N2O7/c27-23-17-31-18-24(28)26-10-12-29-11-9-25(23)19-5-1-3-7-21(19)32-15-13-30-14-16-33-22-8-4-2-6-20(22)26/h1-8H,9-18H2. The summed E-state index contributed by atoms with van der Waals surface area (Å²) >= 11 is 0. The van der Waals surface area contributed by atoms with E-state index >= 15 is 0 Å². The fraction of sp³-hybridized carbons (Fsp3) is 0.417. The fourth-order valence-electron chi connectivity index (χ4n) is 3.68. The quantitative estimate of drug-likeness (QED) is 0.560. The van der Waals surface area contributed by atoms with Gasteiger partial charge in [0.1, 0.15) is 37.9 Å². The number of para-hydroxylation sites is 4. The number of ether oxygens (including phenoxy) is 5. The third-order valence-corrected chi connectivity index (χ3v) is 5.25. The number of fused-ring (bicyclic) bond motifs is 14. The lowest BCUT2D eigenvalue weighted by Gasteiger charge is -2.28. The van der Waals surface area contributed by atoms with Gasteiger partial charge in [0.25, 0.3) is 11.8 Å². The maximum absolute atomic E-state index is 13.0. The Balaban J connectivity index is 1.63. The molecule has 0 saturated carbocycles. The summed E-state index contributed by atoms with van der Waals surface area (Å²) in [5.74, 6) is 0.566. The number of amides is 2. The van der Waals surface area contributed by atoms with Gasteiger partial charge in [-0.1, -0.05) is 24.3 Å². The summed E-state index contributed by atoms with van der Waals surface area (Å²) in [5.41, 5.74) is 1.25. The Morgan fingerprint density at radius 1 is 0.545 bits per heavy atom. The van der Waals surface area contributed by atoms with Crippen LogP contribution in [0.5, 0.6) is 11.5 Å². The number of nitrogens with zero attached hydrogens (tertiary/aromatic N) is 2. The summed E-state index contributed by atoms with van der Waals surface area (Å²) in [6, 6.07) is 14.6. The topological polar surface area (TPSA) is 86.8 Å². The third kappa shape index (κ3) is 6.01. The van der Waals surface area contributed by atoms with Gasteiger partial charge < -0.3 is 33.5 Å². The lowest BCUT2D eigenvalue weighted by Crippen LogP contribution is -2.42. The molecule has 9 heteroatoms. The van der Waals surface area contributed by atoms with E-state index in [1.807, 2.05) is 36.4 Å². The van der Waals surface area contributed by atoms with E-state index in [0.717, 1.165) is 0 Å². The van der Waals surface area contributed by atoms with Crippen LogP contribution in [-0.4, -0.2) is 77.8 Å². The molecule has 0 unspecified atom stereocenters. The molecule has 176 valence electrons. The van der Waals surface area contributed by atoms with Gasteiger partial charge in [-0.25, -0.2) is 0 Å². The van der Waals surface area contributed by atoms with Gasteiger partial charge in [0, 0.05) is 13.1 Å². The van der Waals surface area contributed by atoms with E-state index in [2.05, 4.69) is 0 Å². The molecule has 1 saturated heterocycles. The first-order chi connectivity index (χ1) is 16.2. The largest absolute Gasteiger partial charge is 0.489 e. The molecule has 0 atom stereocenters. The zero-order valence-corrected chi connectivity index (χ0v) is 18.4. The molecule has 0 radical (unpaired) electrons. The van der Waals surface area contributed by atoms with Crippen molar-refractivity contribution < 1.29 is 33.3 Å². The summed E-state index contributed by atoms with van der Waals surface area (Å²) in [6.07, 6.45) is 0. The highest BCUT2D eigenvalue weighted by atomic mass is 16.5. The van der Waals surface area contributed by atoms with Crippen LogP contribution in [-0.2, 0) is 23.8 Å². The lowest BCUT2D eigenvalue weighted by atomic mass is 10.2. The van der Waals surface area contributed by atoms with E-state index in [0.29, 0.717) is 75.6 Å². The minimum absolute atomic E-state index is 0.241. The highest BCUT2D eigenvalue weighted by Gasteiger charge is 2.24. The van der Waals surface area contributed by atoms with Gasteiger partial charge in [-0.3, -0.25) is 9.59 Å². The molecule has 2 amide bonds. The van der Waals surface area contributed by atoms with Crippen LogP contribution in [0.1, 0.15) is 0 Å². The van der Waals surface area contributed by atoms with Crippen LogP contribution in [0.3, 0.4) is 0 Å². The monoisotopic (exact) mass is 456 g/mol. The fourth-order valence-corrected chi connectivity index (χ4v) is 3.68. The molecule has 2 aromatic rings. The average Bonchev–Trinajstić information content (AvgIpc) is 2.82. The van der Waals surface area contributed by atoms with Gasteiger partial charge in [0.2, 0.25) is 0 Å². The second kappa shape index (κ2) is 11.6. The van der Waals surface area contributed by atoms with Gasteiger partial charge in [-0.05, 0) is 24.3 Å². The van der Waals surface area contributed by atoms with Crippen molar-refractivity contribution >= 4 is 23.2 Å². The third-order valence-electron chi connectivity index (χ3n) is 5.25. The number of carbonyl (C=O) groups is 2. The smallest absolute Gasteiger partial charge is 0.253 e. The number of rotatable bonds is 0. The van der Waals surface area contributed by atoms with Crippen molar-refractivity contribution in [3.8, 4) is 11.5 Å².